The first-order valence-corrected chi connectivity index (χ1v) is 6.50. The van der Waals surface area contributed by atoms with Crippen molar-refractivity contribution in [1.82, 2.24) is 15.5 Å². The van der Waals surface area contributed by atoms with E-state index in [4.69, 9.17) is 0 Å². The van der Waals surface area contributed by atoms with Gasteiger partial charge in [0.2, 0.25) is 5.91 Å². The van der Waals surface area contributed by atoms with Gasteiger partial charge in [0.25, 0.3) is 0 Å². The first-order chi connectivity index (χ1) is 7.82. The molecule has 102 valence electrons. The molecule has 0 fully saturated rings. The first kappa shape index (κ1) is 16.4. The first-order valence-electron chi connectivity index (χ1n) is 6.50. The fourth-order valence-corrected chi connectivity index (χ4v) is 1.67. The van der Waals surface area contributed by atoms with Crippen molar-refractivity contribution in [2.75, 3.05) is 27.2 Å². The molecule has 2 N–H and O–H groups in total. The molecule has 0 rings (SSSR count). The molecule has 4 heteroatoms. The largest absolute Gasteiger partial charge is 0.354 e. The molecule has 4 nitrogen and oxygen atoms in total. The second kappa shape index (κ2) is 8.48. The highest BCUT2D eigenvalue weighted by Gasteiger charge is 2.14. The van der Waals surface area contributed by atoms with Crippen LogP contribution in [0.3, 0.4) is 0 Å². The molecule has 0 aliphatic rings. The molecule has 0 spiro atoms. The smallest absolute Gasteiger partial charge is 0.221 e. The Morgan fingerprint density at radius 2 is 1.76 bits per heavy atom. The summed E-state index contributed by atoms with van der Waals surface area (Å²) in [7, 11) is 4.14. The van der Waals surface area contributed by atoms with Crippen LogP contribution >= 0.6 is 0 Å². The van der Waals surface area contributed by atoms with Gasteiger partial charge in [-0.2, -0.15) is 0 Å². The van der Waals surface area contributed by atoms with E-state index in [2.05, 4.69) is 43.5 Å². The molecule has 0 aromatic rings. The van der Waals surface area contributed by atoms with E-state index >= 15 is 0 Å². The molecule has 1 atom stereocenters. The number of hydrogen-bond acceptors (Lipinski definition) is 3. The standard InChI is InChI=1S/C13H29N3O/c1-10(2)12(9-16(5)6)14-8-7-13(17)15-11(3)4/h10-12,14H,7-9H2,1-6H3,(H,15,17). The molecule has 0 radical (unpaired) electrons. The van der Waals surface area contributed by atoms with E-state index in [9.17, 15) is 4.79 Å². The Balaban J connectivity index is 3.86. The molecule has 1 amide bonds. The summed E-state index contributed by atoms with van der Waals surface area (Å²) in [5, 5.41) is 6.35. The van der Waals surface area contributed by atoms with Crippen LogP contribution in [-0.4, -0.2) is 50.1 Å². The van der Waals surface area contributed by atoms with Crippen LogP contribution in [0.1, 0.15) is 34.1 Å². The molecule has 0 saturated heterocycles. The summed E-state index contributed by atoms with van der Waals surface area (Å²) in [6, 6.07) is 0.669. The molecule has 0 heterocycles. The van der Waals surface area contributed by atoms with Gasteiger partial charge in [0.05, 0.1) is 0 Å². The lowest BCUT2D eigenvalue weighted by atomic mass is 10.0. The minimum Gasteiger partial charge on any atom is -0.354 e. The van der Waals surface area contributed by atoms with Gasteiger partial charge in [-0.15, -0.1) is 0 Å². The van der Waals surface area contributed by atoms with Crippen LogP contribution in [0.25, 0.3) is 0 Å². The van der Waals surface area contributed by atoms with E-state index in [1.807, 2.05) is 13.8 Å². The Hall–Kier alpha value is -0.610. The minimum absolute atomic E-state index is 0.125. The maximum Gasteiger partial charge on any atom is 0.221 e. The van der Waals surface area contributed by atoms with Gasteiger partial charge in [0, 0.05) is 31.6 Å². The van der Waals surface area contributed by atoms with E-state index in [0.29, 0.717) is 18.4 Å². The lowest BCUT2D eigenvalue weighted by Gasteiger charge is -2.25. The van der Waals surface area contributed by atoms with Crippen molar-refractivity contribution in [3.05, 3.63) is 0 Å². The molecular weight excluding hydrogens is 214 g/mol. The number of hydrogen-bond donors (Lipinski definition) is 2. The van der Waals surface area contributed by atoms with Crippen molar-refractivity contribution < 1.29 is 4.79 Å². The third-order valence-electron chi connectivity index (χ3n) is 2.57. The number of nitrogens with zero attached hydrogens (tertiary/aromatic N) is 1. The molecule has 0 aliphatic heterocycles. The fraction of sp³-hybridized carbons (Fsp3) is 0.923. The molecule has 0 aliphatic carbocycles. The molecule has 0 aromatic heterocycles. The van der Waals surface area contributed by atoms with E-state index in [1.54, 1.807) is 0 Å². The van der Waals surface area contributed by atoms with Crippen molar-refractivity contribution >= 4 is 5.91 Å². The van der Waals surface area contributed by atoms with Gasteiger partial charge in [-0.05, 0) is 33.9 Å². The summed E-state index contributed by atoms with van der Waals surface area (Å²) in [6.07, 6.45) is 0.550. The highest BCUT2D eigenvalue weighted by atomic mass is 16.1. The summed E-state index contributed by atoms with van der Waals surface area (Å²) in [4.78, 5) is 13.6. The van der Waals surface area contributed by atoms with Crippen LogP contribution in [0.2, 0.25) is 0 Å². The van der Waals surface area contributed by atoms with Crippen LogP contribution < -0.4 is 10.6 Å². The maximum atomic E-state index is 11.5. The van der Waals surface area contributed by atoms with Crippen molar-refractivity contribution in [3.8, 4) is 0 Å². The van der Waals surface area contributed by atoms with Gasteiger partial charge in [-0.25, -0.2) is 0 Å². The number of carbonyl (C=O) groups is 1. The number of amides is 1. The van der Waals surface area contributed by atoms with Crippen LogP contribution in [0.5, 0.6) is 0 Å². The van der Waals surface area contributed by atoms with Crippen molar-refractivity contribution in [3.63, 3.8) is 0 Å². The zero-order valence-electron chi connectivity index (χ0n) is 12.2. The minimum atomic E-state index is 0.125. The number of likely N-dealkylation sites (N-methyl/N-ethyl adjacent to an activating group) is 1. The Morgan fingerprint density at radius 1 is 1.18 bits per heavy atom. The van der Waals surface area contributed by atoms with E-state index < -0.39 is 0 Å². The summed E-state index contributed by atoms with van der Waals surface area (Å²) in [5.74, 6) is 0.699. The Morgan fingerprint density at radius 3 is 2.18 bits per heavy atom. The van der Waals surface area contributed by atoms with Gasteiger partial charge >= 0.3 is 0 Å². The van der Waals surface area contributed by atoms with Crippen molar-refractivity contribution in [1.29, 1.82) is 0 Å². The van der Waals surface area contributed by atoms with Gasteiger partial charge < -0.3 is 15.5 Å². The Labute approximate surface area is 106 Å². The normalized spacial score (nSPS) is 13.5. The van der Waals surface area contributed by atoms with E-state index in [1.165, 1.54) is 0 Å². The quantitative estimate of drug-likeness (QED) is 0.670. The number of nitrogens with one attached hydrogen (secondary N) is 2. The van der Waals surface area contributed by atoms with Crippen LogP contribution in [0.4, 0.5) is 0 Å². The second-order valence-corrected chi connectivity index (χ2v) is 5.54. The summed E-state index contributed by atoms with van der Waals surface area (Å²) < 4.78 is 0. The van der Waals surface area contributed by atoms with Gasteiger partial charge in [0.15, 0.2) is 0 Å². The zero-order chi connectivity index (χ0) is 13.4. The summed E-state index contributed by atoms with van der Waals surface area (Å²) >= 11 is 0. The third kappa shape index (κ3) is 9.12. The highest BCUT2D eigenvalue weighted by molar-refractivity contribution is 5.76. The molecule has 1 unspecified atom stereocenters. The summed E-state index contributed by atoms with van der Waals surface area (Å²) in [6.45, 7) is 10.1. The van der Waals surface area contributed by atoms with Gasteiger partial charge in [-0.3, -0.25) is 4.79 Å². The van der Waals surface area contributed by atoms with Crippen LogP contribution in [0, 0.1) is 5.92 Å². The SMILES string of the molecule is CC(C)NC(=O)CCNC(CN(C)C)C(C)C. The van der Waals surface area contributed by atoms with Crippen molar-refractivity contribution in [2.24, 2.45) is 5.92 Å². The molecule has 0 saturated carbocycles. The topological polar surface area (TPSA) is 44.4 Å². The second-order valence-electron chi connectivity index (χ2n) is 5.54. The summed E-state index contributed by atoms with van der Waals surface area (Å²) in [5.41, 5.74) is 0. The monoisotopic (exact) mass is 243 g/mol. The van der Waals surface area contributed by atoms with Gasteiger partial charge in [-0.1, -0.05) is 13.8 Å². The predicted molar refractivity (Wildman–Crippen MR) is 73.1 cm³/mol. The molecule has 0 bridgehead atoms. The molecule has 17 heavy (non-hydrogen) atoms. The molecular formula is C13H29N3O. The predicted octanol–water partition coefficient (Wildman–Crippen LogP) is 1.08. The lowest BCUT2D eigenvalue weighted by Crippen LogP contribution is -2.43. The van der Waals surface area contributed by atoms with Crippen LogP contribution in [0.15, 0.2) is 0 Å². The molecule has 0 aromatic carbocycles. The average molecular weight is 243 g/mol. The van der Waals surface area contributed by atoms with Crippen molar-refractivity contribution in [2.45, 2.75) is 46.2 Å². The van der Waals surface area contributed by atoms with Crippen LogP contribution in [-0.2, 0) is 4.79 Å². The Kier molecular flexibility index (Phi) is 8.17. The zero-order valence-corrected chi connectivity index (χ0v) is 12.2. The number of carbonyl (C=O) groups excluding carboxylic acids is 1. The van der Waals surface area contributed by atoms with E-state index in [0.717, 1.165) is 13.1 Å². The third-order valence-corrected chi connectivity index (χ3v) is 2.57. The number of rotatable bonds is 8. The fourth-order valence-electron chi connectivity index (χ4n) is 1.67. The average Bonchev–Trinajstić information content (AvgIpc) is 2.13. The highest BCUT2D eigenvalue weighted by Crippen LogP contribution is 2.02. The van der Waals surface area contributed by atoms with E-state index in [-0.39, 0.29) is 11.9 Å². The lowest BCUT2D eigenvalue weighted by molar-refractivity contribution is -0.121. The van der Waals surface area contributed by atoms with Gasteiger partial charge in [0.1, 0.15) is 0 Å². The maximum absolute atomic E-state index is 11.5. The Bertz CT molecular complexity index is 215.